The van der Waals surface area contributed by atoms with Gasteiger partial charge in [-0.3, -0.25) is 9.69 Å². The number of rotatable bonds is 6. The third kappa shape index (κ3) is 5.32. The lowest BCUT2D eigenvalue weighted by atomic mass is 10.1. The molecule has 1 fully saturated rings. The van der Waals surface area contributed by atoms with Crippen LogP contribution in [0.2, 0.25) is 0 Å². The molecule has 0 aliphatic carbocycles. The maximum atomic E-state index is 12.8. The van der Waals surface area contributed by atoms with Crippen LogP contribution >= 0.6 is 0 Å². The number of ether oxygens (including phenoxy) is 2. The van der Waals surface area contributed by atoms with E-state index in [1.807, 2.05) is 18.2 Å². The number of hydrogen-bond acceptors (Lipinski definition) is 6. The van der Waals surface area contributed by atoms with Gasteiger partial charge in [0.25, 0.3) is 5.91 Å². The number of piperazine rings is 1. The molecule has 2 aliphatic heterocycles. The van der Waals surface area contributed by atoms with Crippen LogP contribution in [0.1, 0.15) is 15.9 Å². The van der Waals surface area contributed by atoms with Crippen LogP contribution in [0.3, 0.4) is 0 Å². The van der Waals surface area contributed by atoms with E-state index in [0.717, 1.165) is 5.56 Å². The Morgan fingerprint density at radius 2 is 1.51 bits per heavy atom. The standard InChI is InChI=1S/C26H27N3O5S/c30-26(27-22-10-11-24-25(18-22)34-17-16-33-24)21-8-6-20(7-9-21)19-28-12-14-29(15-13-28)35(31,32)23-4-2-1-3-5-23/h1-11,18H,12-17,19H2,(H,27,30). The minimum absolute atomic E-state index is 0.201. The van der Waals surface area contributed by atoms with Crippen molar-refractivity contribution in [1.82, 2.24) is 9.21 Å². The lowest BCUT2D eigenvalue weighted by Gasteiger charge is -2.34. The van der Waals surface area contributed by atoms with Crippen LogP contribution in [0.5, 0.6) is 11.5 Å². The highest BCUT2D eigenvalue weighted by atomic mass is 32.2. The van der Waals surface area contributed by atoms with Crippen molar-refractivity contribution in [1.29, 1.82) is 0 Å². The van der Waals surface area contributed by atoms with Crippen LogP contribution in [0, 0.1) is 0 Å². The molecule has 35 heavy (non-hydrogen) atoms. The number of benzene rings is 3. The van der Waals surface area contributed by atoms with Crippen LogP contribution in [-0.2, 0) is 16.6 Å². The minimum atomic E-state index is -3.46. The molecule has 0 spiro atoms. The molecule has 5 rings (SSSR count). The van der Waals surface area contributed by atoms with Crippen LogP contribution in [-0.4, -0.2) is 62.9 Å². The summed E-state index contributed by atoms with van der Waals surface area (Å²) in [6.07, 6.45) is 0. The van der Waals surface area contributed by atoms with Crippen molar-refractivity contribution in [3.63, 3.8) is 0 Å². The highest BCUT2D eigenvalue weighted by molar-refractivity contribution is 7.89. The highest BCUT2D eigenvalue weighted by Gasteiger charge is 2.28. The number of fused-ring (bicyclic) bond motifs is 1. The van der Waals surface area contributed by atoms with Crippen molar-refractivity contribution in [2.45, 2.75) is 11.4 Å². The molecule has 1 N–H and O–H groups in total. The Hall–Kier alpha value is -3.40. The van der Waals surface area contributed by atoms with Crippen LogP contribution in [0.15, 0.2) is 77.7 Å². The second-order valence-corrected chi connectivity index (χ2v) is 10.4. The molecule has 3 aromatic carbocycles. The van der Waals surface area contributed by atoms with Crippen LogP contribution in [0.4, 0.5) is 5.69 Å². The van der Waals surface area contributed by atoms with E-state index in [9.17, 15) is 13.2 Å². The van der Waals surface area contributed by atoms with Crippen molar-refractivity contribution in [3.8, 4) is 11.5 Å². The number of amides is 1. The topological polar surface area (TPSA) is 88.2 Å². The largest absolute Gasteiger partial charge is 0.486 e. The number of nitrogens with one attached hydrogen (secondary N) is 1. The van der Waals surface area contributed by atoms with Crippen LogP contribution in [0.25, 0.3) is 0 Å². The second-order valence-electron chi connectivity index (χ2n) is 8.50. The Bertz CT molecular complexity index is 1290. The zero-order valence-corrected chi connectivity index (χ0v) is 20.0. The summed E-state index contributed by atoms with van der Waals surface area (Å²) in [7, 11) is -3.46. The zero-order chi connectivity index (χ0) is 24.3. The normalized spacial score (nSPS) is 16.6. The van der Waals surface area contributed by atoms with E-state index in [0.29, 0.717) is 73.6 Å². The quantitative estimate of drug-likeness (QED) is 0.567. The Kier molecular flexibility index (Phi) is 6.72. The molecule has 0 bridgehead atoms. The summed E-state index contributed by atoms with van der Waals surface area (Å²) < 4.78 is 38.3. The van der Waals surface area contributed by atoms with Gasteiger partial charge in [0, 0.05) is 50.0 Å². The fraction of sp³-hybridized carbons (Fsp3) is 0.269. The summed E-state index contributed by atoms with van der Waals surface area (Å²) in [4.78, 5) is 15.2. The first-order valence-corrected chi connectivity index (χ1v) is 13.0. The van der Waals surface area contributed by atoms with Crippen molar-refractivity contribution in [2.75, 3.05) is 44.7 Å². The minimum Gasteiger partial charge on any atom is -0.486 e. The average molecular weight is 494 g/mol. The lowest BCUT2D eigenvalue weighted by Crippen LogP contribution is -2.48. The van der Waals surface area contributed by atoms with Gasteiger partial charge in [-0.1, -0.05) is 30.3 Å². The smallest absolute Gasteiger partial charge is 0.255 e. The molecule has 0 aromatic heterocycles. The van der Waals surface area contributed by atoms with Gasteiger partial charge in [0.1, 0.15) is 13.2 Å². The SMILES string of the molecule is O=C(Nc1ccc2c(c1)OCCO2)c1ccc(CN2CCN(S(=O)(=O)c3ccccc3)CC2)cc1. The summed E-state index contributed by atoms with van der Waals surface area (Å²) >= 11 is 0. The van der Waals surface area contributed by atoms with E-state index in [1.165, 1.54) is 0 Å². The number of carbonyl (C=O) groups is 1. The number of sulfonamides is 1. The lowest BCUT2D eigenvalue weighted by molar-refractivity contribution is 0.102. The highest BCUT2D eigenvalue weighted by Crippen LogP contribution is 2.32. The first kappa shape index (κ1) is 23.3. The van der Waals surface area contributed by atoms with Gasteiger partial charge in [-0.2, -0.15) is 4.31 Å². The molecule has 1 amide bonds. The van der Waals surface area contributed by atoms with Gasteiger partial charge in [0.05, 0.1) is 4.90 Å². The number of nitrogens with zero attached hydrogens (tertiary/aromatic N) is 2. The van der Waals surface area contributed by atoms with E-state index in [2.05, 4.69) is 10.2 Å². The second kappa shape index (κ2) is 10.1. The number of anilines is 1. The Labute approximate surface area is 205 Å². The summed E-state index contributed by atoms with van der Waals surface area (Å²) in [5, 5.41) is 2.89. The molecule has 3 aromatic rings. The monoisotopic (exact) mass is 493 g/mol. The summed E-state index contributed by atoms with van der Waals surface area (Å²) in [5.74, 6) is 1.10. The third-order valence-electron chi connectivity index (χ3n) is 6.13. The molecule has 2 aliphatic rings. The molecular weight excluding hydrogens is 466 g/mol. The molecule has 8 nitrogen and oxygen atoms in total. The molecule has 182 valence electrons. The van der Waals surface area contributed by atoms with Gasteiger partial charge in [0.2, 0.25) is 10.0 Å². The van der Waals surface area contributed by atoms with Gasteiger partial charge in [-0.05, 0) is 42.0 Å². The van der Waals surface area contributed by atoms with Gasteiger partial charge in [0.15, 0.2) is 11.5 Å². The van der Waals surface area contributed by atoms with Crippen molar-refractivity contribution >= 4 is 21.6 Å². The molecular formula is C26H27N3O5S. The van der Waals surface area contributed by atoms with Crippen molar-refractivity contribution in [2.24, 2.45) is 0 Å². The summed E-state index contributed by atoms with van der Waals surface area (Å²) in [5.41, 5.74) is 2.27. The van der Waals surface area contributed by atoms with E-state index < -0.39 is 10.0 Å². The van der Waals surface area contributed by atoms with Gasteiger partial charge in [-0.25, -0.2) is 8.42 Å². The molecule has 0 unspecified atom stereocenters. The van der Waals surface area contributed by atoms with E-state index in [1.54, 1.807) is 58.9 Å². The van der Waals surface area contributed by atoms with Crippen molar-refractivity contribution in [3.05, 3.63) is 83.9 Å². The van der Waals surface area contributed by atoms with Crippen molar-refractivity contribution < 1.29 is 22.7 Å². The predicted octanol–water partition coefficient (Wildman–Crippen LogP) is 3.22. The zero-order valence-electron chi connectivity index (χ0n) is 19.2. The van der Waals surface area contributed by atoms with Gasteiger partial charge in [-0.15, -0.1) is 0 Å². The first-order valence-electron chi connectivity index (χ1n) is 11.6. The fourth-order valence-corrected chi connectivity index (χ4v) is 5.66. The van der Waals surface area contributed by atoms with Crippen LogP contribution < -0.4 is 14.8 Å². The molecule has 2 heterocycles. The Balaban J connectivity index is 1.15. The van der Waals surface area contributed by atoms with E-state index in [4.69, 9.17) is 9.47 Å². The fourth-order valence-electron chi connectivity index (χ4n) is 4.21. The average Bonchev–Trinajstić information content (AvgIpc) is 2.90. The predicted molar refractivity (Wildman–Crippen MR) is 132 cm³/mol. The molecule has 0 atom stereocenters. The van der Waals surface area contributed by atoms with Gasteiger partial charge >= 0.3 is 0 Å². The van der Waals surface area contributed by atoms with E-state index >= 15 is 0 Å². The molecule has 9 heteroatoms. The Morgan fingerprint density at radius 1 is 0.829 bits per heavy atom. The molecule has 1 saturated heterocycles. The molecule has 0 saturated carbocycles. The first-order chi connectivity index (χ1) is 17.0. The Morgan fingerprint density at radius 3 is 2.23 bits per heavy atom. The number of carbonyl (C=O) groups excluding carboxylic acids is 1. The summed E-state index contributed by atoms with van der Waals surface area (Å²) in [6.45, 7) is 3.91. The van der Waals surface area contributed by atoms with Gasteiger partial charge < -0.3 is 14.8 Å². The molecule has 0 radical (unpaired) electrons. The number of hydrogen-bond donors (Lipinski definition) is 1. The maximum absolute atomic E-state index is 12.8. The van der Waals surface area contributed by atoms with E-state index in [-0.39, 0.29) is 5.91 Å². The summed E-state index contributed by atoms with van der Waals surface area (Å²) in [6, 6.07) is 21.4. The maximum Gasteiger partial charge on any atom is 0.255 e. The third-order valence-corrected chi connectivity index (χ3v) is 8.05.